The van der Waals surface area contributed by atoms with Crippen molar-refractivity contribution >= 4 is 5.95 Å². The zero-order chi connectivity index (χ0) is 12.8. The van der Waals surface area contributed by atoms with Gasteiger partial charge in [0.2, 0.25) is 5.95 Å². The molecule has 0 unspecified atom stereocenters. The van der Waals surface area contributed by atoms with E-state index in [0.29, 0.717) is 12.6 Å². The molecule has 2 aromatic rings. The molecule has 1 heterocycles. The second-order valence-corrected chi connectivity index (χ2v) is 3.78. The molecule has 0 saturated carbocycles. The second kappa shape index (κ2) is 6.00. The summed E-state index contributed by atoms with van der Waals surface area (Å²) in [4.78, 5) is 8.50. The quantitative estimate of drug-likeness (QED) is 0.877. The van der Waals surface area contributed by atoms with Crippen LogP contribution in [0.3, 0.4) is 0 Å². The van der Waals surface area contributed by atoms with E-state index in [4.69, 9.17) is 4.74 Å². The largest absolute Gasteiger partial charge is 0.494 e. The molecule has 0 aliphatic heterocycles. The number of hydrogen-bond acceptors (Lipinski definition) is 4. The van der Waals surface area contributed by atoms with Crippen LogP contribution in [0.15, 0.2) is 36.7 Å². The Morgan fingerprint density at radius 2 is 1.67 bits per heavy atom. The fourth-order valence-corrected chi connectivity index (χ4v) is 1.64. The van der Waals surface area contributed by atoms with Crippen LogP contribution in [0.2, 0.25) is 0 Å². The van der Waals surface area contributed by atoms with Crippen molar-refractivity contribution in [3.05, 3.63) is 36.7 Å². The van der Waals surface area contributed by atoms with Gasteiger partial charge < -0.3 is 10.1 Å². The molecule has 18 heavy (non-hydrogen) atoms. The van der Waals surface area contributed by atoms with Crippen LogP contribution in [0.4, 0.5) is 5.95 Å². The summed E-state index contributed by atoms with van der Waals surface area (Å²) in [5.41, 5.74) is 2.08. The van der Waals surface area contributed by atoms with Gasteiger partial charge in [-0.2, -0.15) is 0 Å². The van der Waals surface area contributed by atoms with Gasteiger partial charge in [0.25, 0.3) is 0 Å². The zero-order valence-corrected chi connectivity index (χ0v) is 10.7. The molecule has 0 aliphatic rings. The number of nitrogens with zero attached hydrogens (tertiary/aromatic N) is 2. The van der Waals surface area contributed by atoms with Crippen LogP contribution in [-0.4, -0.2) is 23.1 Å². The Bertz CT molecular complexity index is 432. The van der Waals surface area contributed by atoms with Crippen LogP contribution in [0.5, 0.6) is 5.75 Å². The van der Waals surface area contributed by atoms with Crippen LogP contribution in [0, 0.1) is 0 Å². The monoisotopic (exact) mass is 243 g/mol. The summed E-state index contributed by atoms with van der Waals surface area (Å²) in [6.07, 6.45) is 3.64. The van der Waals surface area contributed by atoms with Crippen molar-refractivity contribution in [2.45, 2.75) is 13.8 Å². The van der Waals surface area contributed by atoms with Gasteiger partial charge in [0, 0.05) is 24.5 Å². The molecule has 0 aliphatic carbocycles. The summed E-state index contributed by atoms with van der Waals surface area (Å²) in [5, 5.41) is 3.07. The number of anilines is 1. The molecule has 0 atom stereocenters. The van der Waals surface area contributed by atoms with E-state index in [-0.39, 0.29) is 0 Å². The minimum atomic E-state index is 0.659. The van der Waals surface area contributed by atoms with Crippen molar-refractivity contribution in [2.75, 3.05) is 18.5 Å². The first-order chi connectivity index (χ1) is 8.83. The Hall–Kier alpha value is -2.10. The lowest BCUT2D eigenvalue weighted by Gasteiger charge is -2.05. The predicted octanol–water partition coefficient (Wildman–Crippen LogP) is 2.97. The summed E-state index contributed by atoms with van der Waals surface area (Å²) in [6, 6.07) is 7.93. The maximum atomic E-state index is 5.41. The topological polar surface area (TPSA) is 47.0 Å². The SMILES string of the molecule is CCNc1ncc(-c2ccc(OCC)cc2)cn1. The van der Waals surface area contributed by atoms with Crippen LogP contribution >= 0.6 is 0 Å². The Balaban J connectivity index is 2.15. The van der Waals surface area contributed by atoms with Gasteiger partial charge >= 0.3 is 0 Å². The summed E-state index contributed by atoms with van der Waals surface area (Å²) in [7, 11) is 0. The van der Waals surface area contributed by atoms with E-state index >= 15 is 0 Å². The first kappa shape index (κ1) is 12.4. The van der Waals surface area contributed by atoms with Crippen molar-refractivity contribution in [3.8, 4) is 16.9 Å². The first-order valence-corrected chi connectivity index (χ1v) is 6.12. The molecule has 1 aromatic heterocycles. The normalized spacial score (nSPS) is 10.1. The Kier molecular flexibility index (Phi) is 4.12. The van der Waals surface area contributed by atoms with Crippen molar-refractivity contribution in [1.29, 1.82) is 0 Å². The molecule has 0 fully saturated rings. The number of rotatable bonds is 5. The molecule has 0 saturated heterocycles. The highest BCUT2D eigenvalue weighted by atomic mass is 16.5. The molecule has 4 nitrogen and oxygen atoms in total. The third-order valence-corrected chi connectivity index (χ3v) is 2.49. The number of nitrogens with one attached hydrogen (secondary N) is 1. The molecule has 4 heteroatoms. The maximum absolute atomic E-state index is 5.41. The predicted molar refractivity (Wildman–Crippen MR) is 72.8 cm³/mol. The van der Waals surface area contributed by atoms with Crippen molar-refractivity contribution in [1.82, 2.24) is 9.97 Å². The van der Waals surface area contributed by atoms with Gasteiger partial charge in [-0.25, -0.2) is 9.97 Å². The van der Waals surface area contributed by atoms with E-state index in [1.54, 1.807) is 0 Å². The highest BCUT2D eigenvalue weighted by Crippen LogP contribution is 2.21. The number of hydrogen-bond donors (Lipinski definition) is 1. The number of aromatic nitrogens is 2. The molecular weight excluding hydrogens is 226 g/mol. The van der Waals surface area contributed by atoms with Gasteiger partial charge in [0.1, 0.15) is 5.75 Å². The van der Waals surface area contributed by atoms with Gasteiger partial charge in [-0.05, 0) is 31.5 Å². The minimum absolute atomic E-state index is 0.659. The van der Waals surface area contributed by atoms with E-state index in [1.165, 1.54) is 0 Å². The summed E-state index contributed by atoms with van der Waals surface area (Å²) in [6.45, 7) is 5.49. The molecule has 2 rings (SSSR count). The van der Waals surface area contributed by atoms with Crippen LogP contribution in [0.1, 0.15) is 13.8 Å². The van der Waals surface area contributed by atoms with E-state index < -0.39 is 0 Å². The van der Waals surface area contributed by atoms with Gasteiger partial charge in [0.05, 0.1) is 6.61 Å². The standard InChI is InChI=1S/C14H17N3O/c1-3-15-14-16-9-12(10-17-14)11-5-7-13(8-6-11)18-4-2/h5-10H,3-4H2,1-2H3,(H,15,16,17). The fraction of sp³-hybridized carbons (Fsp3) is 0.286. The van der Waals surface area contributed by atoms with Crippen LogP contribution in [-0.2, 0) is 0 Å². The fourth-order valence-electron chi connectivity index (χ4n) is 1.64. The number of ether oxygens (including phenoxy) is 1. The molecule has 94 valence electrons. The van der Waals surface area contributed by atoms with E-state index in [1.807, 2.05) is 50.5 Å². The van der Waals surface area contributed by atoms with Crippen LogP contribution in [0.25, 0.3) is 11.1 Å². The third kappa shape index (κ3) is 2.97. The smallest absolute Gasteiger partial charge is 0.222 e. The Morgan fingerprint density at radius 1 is 1.00 bits per heavy atom. The Morgan fingerprint density at radius 3 is 2.22 bits per heavy atom. The summed E-state index contributed by atoms with van der Waals surface area (Å²) >= 11 is 0. The zero-order valence-electron chi connectivity index (χ0n) is 10.7. The van der Waals surface area contributed by atoms with Gasteiger partial charge in [-0.15, -0.1) is 0 Å². The minimum Gasteiger partial charge on any atom is -0.494 e. The van der Waals surface area contributed by atoms with E-state index in [2.05, 4.69) is 15.3 Å². The number of benzene rings is 1. The van der Waals surface area contributed by atoms with Crippen molar-refractivity contribution in [3.63, 3.8) is 0 Å². The maximum Gasteiger partial charge on any atom is 0.222 e. The highest BCUT2D eigenvalue weighted by Gasteiger charge is 2.00. The third-order valence-electron chi connectivity index (χ3n) is 2.49. The van der Waals surface area contributed by atoms with E-state index in [9.17, 15) is 0 Å². The lowest BCUT2D eigenvalue weighted by Crippen LogP contribution is -2.01. The molecule has 0 radical (unpaired) electrons. The molecule has 1 aromatic carbocycles. The van der Waals surface area contributed by atoms with Crippen LogP contribution < -0.4 is 10.1 Å². The highest BCUT2D eigenvalue weighted by molar-refractivity contribution is 5.62. The molecule has 1 N–H and O–H groups in total. The van der Waals surface area contributed by atoms with Crippen molar-refractivity contribution < 1.29 is 4.74 Å². The average Bonchev–Trinajstić information content (AvgIpc) is 2.41. The summed E-state index contributed by atoms with van der Waals surface area (Å²) in [5.74, 6) is 1.54. The van der Waals surface area contributed by atoms with Gasteiger partial charge in [-0.1, -0.05) is 12.1 Å². The molecule has 0 bridgehead atoms. The average molecular weight is 243 g/mol. The second-order valence-electron chi connectivity index (χ2n) is 3.78. The molecule has 0 amide bonds. The van der Waals surface area contributed by atoms with Gasteiger partial charge in [-0.3, -0.25) is 0 Å². The Labute approximate surface area is 107 Å². The van der Waals surface area contributed by atoms with E-state index in [0.717, 1.165) is 23.4 Å². The van der Waals surface area contributed by atoms with Gasteiger partial charge in [0.15, 0.2) is 0 Å². The molecular formula is C14H17N3O. The first-order valence-electron chi connectivity index (χ1n) is 6.12. The lowest BCUT2D eigenvalue weighted by atomic mass is 10.1. The lowest BCUT2D eigenvalue weighted by molar-refractivity contribution is 0.340. The summed E-state index contributed by atoms with van der Waals surface area (Å²) < 4.78 is 5.41. The molecule has 0 spiro atoms. The van der Waals surface area contributed by atoms with Crippen molar-refractivity contribution in [2.24, 2.45) is 0 Å².